The van der Waals surface area contributed by atoms with Crippen LogP contribution in [0.15, 0.2) is 12.1 Å². The van der Waals surface area contributed by atoms with Crippen LogP contribution >= 0.6 is 0 Å². The first-order chi connectivity index (χ1) is 9.08. The van der Waals surface area contributed by atoms with Crippen LogP contribution in [0.1, 0.15) is 13.3 Å². The van der Waals surface area contributed by atoms with E-state index < -0.39 is 4.92 Å². The van der Waals surface area contributed by atoms with E-state index in [0.717, 1.165) is 0 Å². The van der Waals surface area contributed by atoms with Crippen molar-refractivity contribution in [2.45, 2.75) is 13.3 Å². The number of hydrogen-bond donors (Lipinski definition) is 3. The van der Waals surface area contributed by atoms with Gasteiger partial charge in [-0.25, -0.2) is 10.8 Å². The van der Waals surface area contributed by atoms with Crippen molar-refractivity contribution in [1.82, 2.24) is 4.98 Å². The molecule has 0 amide bonds. The van der Waals surface area contributed by atoms with E-state index in [-0.39, 0.29) is 36.3 Å². The Labute approximate surface area is 109 Å². The molecule has 19 heavy (non-hydrogen) atoms. The van der Waals surface area contributed by atoms with Crippen molar-refractivity contribution in [3.63, 3.8) is 0 Å². The number of rotatable bonds is 7. The van der Waals surface area contributed by atoms with Crippen LogP contribution in [0.4, 0.5) is 17.3 Å². The number of nitrogens with zero attached hydrogens (tertiary/aromatic N) is 2. The van der Waals surface area contributed by atoms with Crippen LogP contribution in [0.25, 0.3) is 0 Å². The lowest BCUT2D eigenvalue weighted by atomic mass is 10.3. The van der Waals surface area contributed by atoms with Crippen molar-refractivity contribution in [2.75, 3.05) is 23.9 Å². The Hall–Kier alpha value is -2.42. The number of carbonyl (C=O) groups excluding carboxylic acids is 1. The van der Waals surface area contributed by atoms with Crippen LogP contribution in [0.2, 0.25) is 0 Å². The molecular weight excluding hydrogens is 254 g/mol. The minimum atomic E-state index is -0.569. The molecule has 9 nitrogen and oxygen atoms in total. The number of hydrazine groups is 1. The molecule has 1 heterocycles. The number of esters is 1. The molecule has 9 heteroatoms. The van der Waals surface area contributed by atoms with E-state index in [0.29, 0.717) is 6.61 Å². The van der Waals surface area contributed by atoms with E-state index in [1.54, 1.807) is 6.92 Å². The van der Waals surface area contributed by atoms with Gasteiger partial charge in [0.15, 0.2) is 0 Å². The van der Waals surface area contributed by atoms with Gasteiger partial charge in [-0.3, -0.25) is 14.9 Å². The second-order valence-electron chi connectivity index (χ2n) is 3.45. The number of ether oxygens (including phenoxy) is 1. The van der Waals surface area contributed by atoms with Crippen LogP contribution in [0.3, 0.4) is 0 Å². The molecule has 0 spiro atoms. The van der Waals surface area contributed by atoms with E-state index in [2.05, 4.69) is 15.7 Å². The summed E-state index contributed by atoms with van der Waals surface area (Å²) in [7, 11) is 0. The van der Waals surface area contributed by atoms with Crippen LogP contribution in [0, 0.1) is 10.1 Å². The average Bonchev–Trinajstić information content (AvgIpc) is 2.38. The third-order valence-corrected chi connectivity index (χ3v) is 2.15. The smallest absolute Gasteiger partial charge is 0.311 e. The lowest BCUT2D eigenvalue weighted by molar-refractivity contribution is -0.384. The molecule has 0 aliphatic carbocycles. The number of anilines is 2. The van der Waals surface area contributed by atoms with E-state index in [4.69, 9.17) is 10.6 Å². The van der Waals surface area contributed by atoms with Gasteiger partial charge in [-0.2, -0.15) is 0 Å². The quantitative estimate of drug-likeness (QED) is 0.284. The third kappa shape index (κ3) is 4.39. The number of nitrogens with two attached hydrogens (primary N) is 1. The fourth-order valence-corrected chi connectivity index (χ4v) is 1.33. The summed E-state index contributed by atoms with van der Waals surface area (Å²) in [6.45, 7) is 2.18. The highest BCUT2D eigenvalue weighted by atomic mass is 16.6. The van der Waals surface area contributed by atoms with Gasteiger partial charge in [0.1, 0.15) is 5.82 Å². The molecule has 0 aromatic carbocycles. The van der Waals surface area contributed by atoms with Gasteiger partial charge in [0, 0.05) is 12.6 Å². The van der Waals surface area contributed by atoms with Crippen molar-refractivity contribution in [3.05, 3.63) is 22.2 Å². The fourth-order valence-electron chi connectivity index (χ4n) is 1.33. The van der Waals surface area contributed by atoms with Gasteiger partial charge in [-0.15, -0.1) is 0 Å². The van der Waals surface area contributed by atoms with Crippen molar-refractivity contribution in [3.8, 4) is 0 Å². The number of hydrogen-bond acceptors (Lipinski definition) is 8. The summed E-state index contributed by atoms with van der Waals surface area (Å²) < 4.78 is 4.74. The summed E-state index contributed by atoms with van der Waals surface area (Å²) in [5.41, 5.74) is 2.10. The minimum Gasteiger partial charge on any atom is -0.466 e. The Morgan fingerprint density at radius 3 is 2.89 bits per heavy atom. The average molecular weight is 269 g/mol. The lowest BCUT2D eigenvalue weighted by Gasteiger charge is -2.07. The largest absolute Gasteiger partial charge is 0.466 e. The zero-order valence-electron chi connectivity index (χ0n) is 10.4. The van der Waals surface area contributed by atoms with Crippen LogP contribution in [0.5, 0.6) is 0 Å². The molecule has 0 bridgehead atoms. The second-order valence-corrected chi connectivity index (χ2v) is 3.45. The maximum absolute atomic E-state index is 11.1. The first kappa shape index (κ1) is 14.6. The van der Waals surface area contributed by atoms with Gasteiger partial charge in [-0.05, 0) is 13.0 Å². The molecule has 1 aromatic heterocycles. The highest BCUT2D eigenvalue weighted by molar-refractivity contribution is 5.70. The van der Waals surface area contributed by atoms with Gasteiger partial charge in [0.25, 0.3) is 0 Å². The molecule has 0 aliphatic rings. The van der Waals surface area contributed by atoms with E-state index >= 15 is 0 Å². The van der Waals surface area contributed by atoms with Crippen LogP contribution in [-0.2, 0) is 9.53 Å². The van der Waals surface area contributed by atoms with Gasteiger partial charge in [-0.1, -0.05) is 0 Å². The molecule has 0 radical (unpaired) electrons. The zero-order valence-corrected chi connectivity index (χ0v) is 10.4. The van der Waals surface area contributed by atoms with Crippen LogP contribution in [-0.4, -0.2) is 29.0 Å². The number of aromatic nitrogens is 1. The predicted molar refractivity (Wildman–Crippen MR) is 68.4 cm³/mol. The maximum Gasteiger partial charge on any atom is 0.311 e. The summed E-state index contributed by atoms with van der Waals surface area (Å²) in [5.74, 6) is 5.12. The number of nitrogen functional groups attached to an aromatic ring is 1. The Morgan fingerprint density at radius 1 is 1.58 bits per heavy atom. The topological polar surface area (TPSA) is 132 Å². The highest BCUT2D eigenvalue weighted by Gasteiger charge is 2.15. The normalized spacial score (nSPS) is 9.79. The highest BCUT2D eigenvalue weighted by Crippen LogP contribution is 2.23. The number of nitrogens with one attached hydrogen (secondary N) is 2. The predicted octanol–water partition coefficient (Wildman–Crippen LogP) is 0.641. The lowest BCUT2D eigenvalue weighted by Crippen LogP contribution is -2.14. The summed E-state index contributed by atoms with van der Waals surface area (Å²) >= 11 is 0. The molecule has 104 valence electrons. The zero-order chi connectivity index (χ0) is 14.3. The molecule has 0 atom stereocenters. The van der Waals surface area contributed by atoms with E-state index in [1.807, 2.05) is 0 Å². The van der Waals surface area contributed by atoms with Crippen molar-refractivity contribution < 1.29 is 14.5 Å². The third-order valence-electron chi connectivity index (χ3n) is 2.15. The molecule has 0 saturated heterocycles. The SMILES string of the molecule is CCOC(=O)CCNc1nc(NN)ccc1[N+](=O)[O-]. The fraction of sp³-hybridized carbons (Fsp3) is 0.400. The Kier molecular flexibility index (Phi) is 5.48. The molecule has 4 N–H and O–H groups in total. The molecule has 0 aliphatic heterocycles. The Bertz CT molecular complexity index is 465. The molecular formula is C10H15N5O4. The minimum absolute atomic E-state index is 0.0461. The summed E-state index contributed by atoms with van der Waals surface area (Å²) in [5, 5.41) is 13.5. The molecule has 1 rings (SSSR count). The summed E-state index contributed by atoms with van der Waals surface area (Å²) in [4.78, 5) is 25.3. The first-order valence-electron chi connectivity index (χ1n) is 5.60. The molecule has 1 aromatic rings. The maximum atomic E-state index is 11.1. The summed E-state index contributed by atoms with van der Waals surface area (Å²) in [6, 6.07) is 2.66. The van der Waals surface area contributed by atoms with Gasteiger partial charge in [0.2, 0.25) is 5.82 Å². The van der Waals surface area contributed by atoms with Crippen LogP contribution < -0.4 is 16.6 Å². The van der Waals surface area contributed by atoms with Crippen molar-refractivity contribution >= 4 is 23.3 Å². The first-order valence-corrected chi connectivity index (χ1v) is 5.60. The number of carbonyl (C=O) groups is 1. The number of pyridine rings is 1. The van der Waals surface area contributed by atoms with E-state index in [1.165, 1.54) is 12.1 Å². The van der Waals surface area contributed by atoms with Crippen molar-refractivity contribution in [1.29, 1.82) is 0 Å². The molecule has 0 fully saturated rings. The number of nitro groups is 1. The molecule has 0 unspecified atom stereocenters. The monoisotopic (exact) mass is 269 g/mol. The molecule has 0 saturated carbocycles. The van der Waals surface area contributed by atoms with E-state index in [9.17, 15) is 14.9 Å². The van der Waals surface area contributed by atoms with Gasteiger partial charge >= 0.3 is 11.7 Å². The summed E-state index contributed by atoms with van der Waals surface area (Å²) in [6.07, 6.45) is 0.0902. The van der Waals surface area contributed by atoms with Crippen molar-refractivity contribution in [2.24, 2.45) is 5.84 Å². The van der Waals surface area contributed by atoms with Gasteiger partial charge in [0.05, 0.1) is 18.0 Å². The Balaban J connectivity index is 2.69. The Morgan fingerprint density at radius 2 is 2.32 bits per heavy atom. The van der Waals surface area contributed by atoms with Gasteiger partial charge < -0.3 is 15.5 Å². The standard InChI is InChI=1S/C10H15N5O4/c1-2-19-9(16)5-6-12-10-7(15(17)18)3-4-8(13-10)14-11/h3-4H,2,5-6,11H2,1H3,(H2,12,13,14). The second kappa shape index (κ2) is 7.11.